The minimum absolute atomic E-state index is 0.886. The van der Waals surface area contributed by atoms with Gasteiger partial charge < -0.3 is 13.7 Å². The lowest BCUT2D eigenvalue weighted by molar-refractivity contribution is 0.669. The van der Waals surface area contributed by atoms with Gasteiger partial charge in [0.15, 0.2) is 0 Å². The minimum atomic E-state index is 0.886. The van der Waals surface area contributed by atoms with Crippen molar-refractivity contribution in [3.05, 3.63) is 200 Å². The molecule has 2 heterocycles. The molecule has 0 aliphatic carbocycles. The average molecular weight is 704 g/mol. The number of furan rings is 2. The van der Waals surface area contributed by atoms with Crippen LogP contribution in [0, 0.1) is 0 Å². The van der Waals surface area contributed by atoms with E-state index in [2.05, 4.69) is 193 Å². The van der Waals surface area contributed by atoms with Crippen LogP contribution in [-0.2, 0) is 0 Å². The molecule has 0 fully saturated rings. The third kappa shape index (κ3) is 5.28. The van der Waals surface area contributed by atoms with Crippen molar-refractivity contribution in [2.75, 3.05) is 4.90 Å². The molecule has 3 heteroatoms. The first-order valence-electron chi connectivity index (χ1n) is 18.7. The van der Waals surface area contributed by atoms with Gasteiger partial charge in [0.05, 0.1) is 5.69 Å². The number of hydrogen-bond acceptors (Lipinski definition) is 3. The van der Waals surface area contributed by atoms with Gasteiger partial charge in [-0.25, -0.2) is 0 Å². The fraction of sp³-hybridized carbons (Fsp3) is 0. The van der Waals surface area contributed by atoms with Crippen molar-refractivity contribution in [2.24, 2.45) is 0 Å². The Bertz CT molecular complexity index is 3190. The molecular weight excluding hydrogens is 671 g/mol. The smallest absolute Gasteiger partial charge is 0.136 e. The quantitative estimate of drug-likeness (QED) is 0.173. The highest BCUT2D eigenvalue weighted by atomic mass is 16.3. The van der Waals surface area contributed by atoms with Crippen molar-refractivity contribution >= 4 is 71.7 Å². The van der Waals surface area contributed by atoms with Gasteiger partial charge in [-0.2, -0.15) is 0 Å². The molecular formula is C52H33NO2. The summed E-state index contributed by atoms with van der Waals surface area (Å²) in [6.07, 6.45) is 0. The van der Waals surface area contributed by atoms with E-state index in [0.29, 0.717) is 0 Å². The lowest BCUT2D eigenvalue weighted by atomic mass is 9.97. The van der Waals surface area contributed by atoms with Crippen molar-refractivity contribution in [3.63, 3.8) is 0 Å². The number of rotatable bonds is 6. The molecule has 0 saturated carbocycles. The first-order valence-corrected chi connectivity index (χ1v) is 18.7. The Morgan fingerprint density at radius 3 is 1.69 bits per heavy atom. The van der Waals surface area contributed by atoms with E-state index >= 15 is 0 Å². The van der Waals surface area contributed by atoms with E-state index in [1.165, 1.54) is 21.9 Å². The summed E-state index contributed by atoms with van der Waals surface area (Å²) in [5, 5.41) is 6.94. The lowest BCUT2D eigenvalue weighted by Gasteiger charge is -2.28. The maximum Gasteiger partial charge on any atom is 0.136 e. The van der Waals surface area contributed by atoms with E-state index in [1.54, 1.807) is 0 Å². The molecule has 2 aromatic heterocycles. The van der Waals surface area contributed by atoms with E-state index in [0.717, 1.165) is 83.2 Å². The summed E-state index contributed by atoms with van der Waals surface area (Å²) in [5.41, 5.74) is 13.7. The molecule has 0 amide bonds. The normalized spacial score (nSPS) is 11.6. The van der Waals surface area contributed by atoms with Crippen molar-refractivity contribution in [1.29, 1.82) is 0 Å². The largest absolute Gasteiger partial charge is 0.456 e. The summed E-state index contributed by atoms with van der Waals surface area (Å²) >= 11 is 0. The molecule has 0 N–H and O–H groups in total. The van der Waals surface area contributed by atoms with E-state index < -0.39 is 0 Å². The van der Waals surface area contributed by atoms with Gasteiger partial charge in [-0.3, -0.25) is 0 Å². The van der Waals surface area contributed by atoms with E-state index in [-0.39, 0.29) is 0 Å². The highest BCUT2D eigenvalue weighted by Gasteiger charge is 2.19. The average Bonchev–Trinajstić information content (AvgIpc) is 3.83. The Morgan fingerprint density at radius 1 is 0.309 bits per heavy atom. The van der Waals surface area contributed by atoms with Gasteiger partial charge in [0.1, 0.15) is 22.3 Å². The number of para-hydroxylation sites is 2. The lowest BCUT2D eigenvalue weighted by Crippen LogP contribution is -2.11. The summed E-state index contributed by atoms with van der Waals surface area (Å²) in [5.74, 6) is 0. The standard InChI is InChI=1S/C52H33NO2/c1-2-10-34(11-3-1)35-18-25-40(26-19-35)53(41-27-20-36(21-28-41)38-22-29-45-44-15-7-9-17-48(44)55-51(45)33-38)47-16-8-6-13-42(47)39-24-30-49-46(32-39)52-43-14-5-4-12-37(43)23-31-50(52)54-49/h1-33H. The highest BCUT2D eigenvalue weighted by Crippen LogP contribution is 2.44. The van der Waals surface area contributed by atoms with E-state index in [4.69, 9.17) is 8.83 Å². The summed E-state index contributed by atoms with van der Waals surface area (Å²) in [6.45, 7) is 0. The Morgan fingerprint density at radius 2 is 0.873 bits per heavy atom. The van der Waals surface area contributed by atoms with Crippen LogP contribution < -0.4 is 4.90 Å². The van der Waals surface area contributed by atoms with E-state index in [1.807, 2.05) is 12.1 Å². The van der Waals surface area contributed by atoms with Gasteiger partial charge >= 0.3 is 0 Å². The molecule has 3 nitrogen and oxygen atoms in total. The maximum absolute atomic E-state index is 6.39. The van der Waals surface area contributed by atoms with Crippen molar-refractivity contribution in [3.8, 4) is 33.4 Å². The molecule has 0 aliphatic heterocycles. The fourth-order valence-electron chi connectivity index (χ4n) is 8.20. The monoisotopic (exact) mass is 703 g/mol. The second kappa shape index (κ2) is 12.6. The Hall–Kier alpha value is -7.36. The SMILES string of the molecule is c1ccc(-c2ccc(N(c3ccc(-c4ccc5c(c4)oc4ccccc45)cc3)c3ccccc3-c3ccc4oc5ccc6ccccc6c5c4c3)cc2)cc1. The Kier molecular flexibility index (Phi) is 7.17. The topological polar surface area (TPSA) is 29.5 Å². The van der Waals surface area contributed by atoms with Crippen LogP contribution >= 0.6 is 0 Å². The second-order valence-corrected chi connectivity index (χ2v) is 14.1. The number of anilines is 3. The number of nitrogens with zero attached hydrogens (tertiary/aromatic N) is 1. The predicted octanol–water partition coefficient (Wildman–Crippen LogP) is 15.1. The Balaban J connectivity index is 1.05. The third-order valence-corrected chi connectivity index (χ3v) is 10.9. The van der Waals surface area contributed by atoms with Crippen molar-refractivity contribution in [2.45, 2.75) is 0 Å². The highest BCUT2D eigenvalue weighted by molar-refractivity contribution is 6.19. The zero-order chi connectivity index (χ0) is 36.3. The third-order valence-electron chi connectivity index (χ3n) is 10.9. The van der Waals surface area contributed by atoms with Crippen LogP contribution in [0.15, 0.2) is 209 Å². The van der Waals surface area contributed by atoms with Crippen LogP contribution in [0.1, 0.15) is 0 Å². The van der Waals surface area contributed by atoms with Crippen LogP contribution in [0.25, 0.3) is 88.0 Å². The summed E-state index contributed by atoms with van der Waals surface area (Å²) in [4.78, 5) is 2.36. The molecule has 11 rings (SSSR count). The zero-order valence-electron chi connectivity index (χ0n) is 29.8. The molecule has 0 saturated heterocycles. The van der Waals surface area contributed by atoms with E-state index in [9.17, 15) is 0 Å². The second-order valence-electron chi connectivity index (χ2n) is 14.1. The van der Waals surface area contributed by atoms with Gasteiger partial charge in [-0.05, 0) is 105 Å². The zero-order valence-corrected chi connectivity index (χ0v) is 29.8. The van der Waals surface area contributed by atoms with Gasteiger partial charge in [-0.1, -0.05) is 133 Å². The maximum atomic E-state index is 6.39. The molecule has 0 unspecified atom stereocenters. The van der Waals surface area contributed by atoms with Crippen molar-refractivity contribution in [1.82, 2.24) is 0 Å². The molecule has 0 spiro atoms. The van der Waals surface area contributed by atoms with Crippen LogP contribution in [0.4, 0.5) is 17.1 Å². The van der Waals surface area contributed by atoms with Gasteiger partial charge in [0, 0.05) is 38.5 Å². The first-order chi connectivity index (χ1) is 27.2. The molecule has 258 valence electrons. The van der Waals surface area contributed by atoms with Gasteiger partial charge in [-0.15, -0.1) is 0 Å². The molecule has 0 radical (unpaired) electrons. The molecule has 11 aromatic rings. The van der Waals surface area contributed by atoms with Gasteiger partial charge in [0.25, 0.3) is 0 Å². The molecule has 0 atom stereocenters. The van der Waals surface area contributed by atoms with Crippen LogP contribution in [0.2, 0.25) is 0 Å². The molecule has 0 bridgehead atoms. The minimum Gasteiger partial charge on any atom is -0.456 e. The number of benzene rings is 9. The Labute approximate surface area is 317 Å². The predicted molar refractivity (Wildman–Crippen MR) is 229 cm³/mol. The number of fused-ring (bicyclic) bond motifs is 8. The van der Waals surface area contributed by atoms with Crippen LogP contribution in [0.3, 0.4) is 0 Å². The molecule has 55 heavy (non-hydrogen) atoms. The van der Waals surface area contributed by atoms with Crippen molar-refractivity contribution < 1.29 is 8.83 Å². The summed E-state index contributed by atoms with van der Waals surface area (Å²) < 4.78 is 12.6. The fourth-order valence-corrected chi connectivity index (χ4v) is 8.20. The summed E-state index contributed by atoms with van der Waals surface area (Å²) in [6, 6.07) is 71.0. The summed E-state index contributed by atoms with van der Waals surface area (Å²) in [7, 11) is 0. The van der Waals surface area contributed by atoms with Gasteiger partial charge in [0.2, 0.25) is 0 Å². The first kappa shape index (κ1) is 31.2. The van der Waals surface area contributed by atoms with Crippen LogP contribution in [-0.4, -0.2) is 0 Å². The number of hydrogen-bond donors (Lipinski definition) is 0. The molecule has 0 aliphatic rings. The van der Waals surface area contributed by atoms with Crippen LogP contribution in [0.5, 0.6) is 0 Å². The molecule has 9 aromatic carbocycles.